The third kappa shape index (κ3) is 2.91. The molecule has 0 spiro atoms. The Kier molecular flexibility index (Phi) is 3.91. The number of nitrogens with one attached hydrogen (secondary N) is 1. The van der Waals surface area contributed by atoms with Gasteiger partial charge < -0.3 is 5.32 Å². The number of hydrogen-bond donors (Lipinski definition) is 1. The Labute approximate surface area is 124 Å². The van der Waals surface area contributed by atoms with Crippen LogP contribution in [0.3, 0.4) is 0 Å². The zero-order chi connectivity index (χ0) is 15.0. The molecule has 2 aliphatic heterocycles. The molecule has 1 aromatic heterocycles. The van der Waals surface area contributed by atoms with Crippen molar-refractivity contribution >= 4 is 5.69 Å². The van der Waals surface area contributed by atoms with Gasteiger partial charge in [-0.25, -0.2) is 0 Å². The fraction of sp³-hybridized carbons (Fsp3) is 0.667. The molecule has 2 saturated heterocycles. The molecular formula is C15H22N4O2. The standard InChI is InChI=1S/C15H22N4O2/c1-10-7-16-14(11(2)15(10)19(20)21)9-18-6-5-12-3-4-13(8-18)17-12/h7,12-13,17H,3-6,8-9H2,1-2H3. The quantitative estimate of drug-likeness (QED) is 0.680. The van der Waals surface area contributed by atoms with E-state index in [4.69, 9.17) is 0 Å². The van der Waals surface area contributed by atoms with Crippen molar-refractivity contribution in [1.29, 1.82) is 0 Å². The average Bonchev–Trinajstić information content (AvgIpc) is 2.75. The van der Waals surface area contributed by atoms with Gasteiger partial charge >= 0.3 is 0 Å². The predicted octanol–water partition coefficient (Wildman–Crippen LogP) is 1.93. The van der Waals surface area contributed by atoms with Crippen LogP contribution in [-0.2, 0) is 6.54 Å². The normalized spacial score (nSPS) is 25.8. The van der Waals surface area contributed by atoms with Crippen molar-refractivity contribution in [1.82, 2.24) is 15.2 Å². The maximum Gasteiger partial charge on any atom is 0.278 e. The summed E-state index contributed by atoms with van der Waals surface area (Å²) in [5.74, 6) is 0. The van der Waals surface area contributed by atoms with Crippen LogP contribution in [0.2, 0.25) is 0 Å². The van der Waals surface area contributed by atoms with Crippen LogP contribution in [0.15, 0.2) is 6.20 Å². The number of nitro groups is 1. The topological polar surface area (TPSA) is 71.3 Å². The lowest BCUT2D eigenvalue weighted by molar-refractivity contribution is -0.386. The average molecular weight is 290 g/mol. The van der Waals surface area contributed by atoms with E-state index >= 15 is 0 Å². The molecule has 0 amide bonds. The third-order valence-electron chi connectivity index (χ3n) is 4.74. The predicted molar refractivity (Wildman–Crippen MR) is 80.2 cm³/mol. The molecule has 2 aliphatic rings. The first-order chi connectivity index (χ1) is 10.0. The van der Waals surface area contributed by atoms with Crippen LogP contribution in [0.1, 0.15) is 36.1 Å². The molecule has 6 nitrogen and oxygen atoms in total. The number of rotatable bonds is 3. The fourth-order valence-electron chi connectivity index (χ4n) is 3.58. The summed E-state index contributed by atoms with van der Waals surface area (Å²) in [6, 6.07) is 1.22. The molecule has 0 aliphatic carbocycles. The van der Waals surface area contributed by atoms with E-state index < -0.39 is 0 Å². The smallest absolute Gasteiger partial charge is 0.278 e. The van der Waals surface area contributed by atoms with Crippen molar-refractivity contribution in [2.75, 3.05) is 13.1 Å². The van der Waals surface area contributed by atoms with Crippen LogP contribution in [0, 0.1) is 24.0 Å². The molecule has 2 bridgehead atoms. The molecule has 0 saturated carbocycles. The second kappa shape index (κ2) is 5.69. The Hall–Kier alpha value is -1.53. The Morgan fingerprint density at radius 1 is 1.38 bits per heavy atom. The fourth-order valence-corrected chi connectivity index (χ4v) is 3.58. The minimum absolute atomic E-state index is 0.217. The van der Waals surface area contributed by atoms with E-state index in [2.05, 4.69) is 15.2 Å². The summed E-state index contributed by atoms with van der Waals surface area (Å²) in [4.78, 5) is 17.7. The van der Waals surface area contributed by atoms with Gasteiger partial charge in [0.2, 0.25) is 0 Å². The van der Waals surface area contributed by atoms with Crippen molar-refractivity contribution < 1.29 is 4.92 Å². The molecule has 2 unspecified atom stereocenters. The first-order valence-corrected chi connectivity index (χ1v) is 7.62. The number of aromatic nitrogens is 1. The molecule has 3 heterocycles. The lowest BCUT2D eigenvalue weighted by atomic mass is 10.1. The molecule has 0 aromatic carbocycles. The summed E-state index contributed by atoms with van der Waals surface area (Å²) in [6.07, 6.45) is 5.31. The van der Waals surface area contributed by atoms with Crippen molar-refractivity contribution in [3.05, 3.63) is 33.1 Å². The maximum atomic E-state index is 11.2. The van der Waals surface area contributed by atoms with Gasteiger partial charge in [-0.1, -0.05) is 0 Å². The SMILES string of the molecule is Cc1cnc(CN2CCC3CCC(C2)N3)c(C)c1[N+](=O)[O-]. The van der Waals surface area contributed by atoms with E-state index in [-0.39, 0.29) is 10.6 Å². The molecule has 6 heteroatoms. The van der Waals surface area contributed by atoms with Gasteiger partial charge in [0.25, 0.3) is 5.69 Å². The van der Waals surface area contributed by atoms with Crippen molar-refractivity contribution in [3.63, 3.8) is 0 Å². The van der Waals surface area contributed by atoms with Crippen molar-refractivity contribution in [2.45, 2.75) is 51.7 Å². The molecule has 114 valence electrons. The highest BCUT2D eigenvalue weighted by Gasteiger charge is 2.30. The number of nitrogens with zero attached hydrogens (tertiary/aromatic N) is 3. The molecule has 1 aromatic rings. The van der Waals surface area contributed by atoms with Crippen LogP contribution in [-0.4, -0.2) is 40.0 Å². The summed E-state index contributed by atoms with van der Waals surface area (Å²) >= 11 is 0. The van der Waals surface area contributed by atoms with Gasteiger partial charge in [0.1, 0.15) is 0 Å². The molecule has 2 atom stereocenters. The number of pyridine rings is 1. The molecule has 1 N–H and O–H groups in total. The number of hydrogen-bond acceptors (Lipinski definition) is 5. The largest absolute Gasteiger partial charge is 0.310 e. The molecular weight excluding hydrogens is 268 g/mol. The Morgan fingerprint density at radius 3 is 2.90 bits per heavy atom. The van der Waals surface area contributed by atoms with Crippen LogP contribution in [0.4, 0.5) is 5.69 Å². The summed E-state index contributed by atoms with van der Waals surface area (Å²) in [5, 5.41) is 14.9. The highest BCUT2D eigenvalue weighted by Crippen LogP contribution is 2.26. The van der Waals surface area contributed by atoms with Gasteiger partial charge in [-0.2, -0.15) is 0 Å². The van der Waals surface area contributed by atoms with Gasteiger partial charge in [-0.05, 0) is 33.1 Å². The Bertz CT molecular complexity index is 561. The highest BCUT2D eigenvalue weighted by atomic mass is 16.6. The Morgan fingerprint density at radius 2 is 2.14 bits per heavy atom. The van der Waals surface area contributed by atoms with E-state index in [0.717, 1.165) is 25.2 Å². The van der Waals surface area contributed by atoms with Crippen LogP contribution < -0.4 is 5.32 Å². The molecule has 21 heavy (non-hydrogen) atoms. The third-order valence-corrected chi connectivity index (χ3v) is 4.74. The minimum atomic E-state index is -0.290. The van der Waals surface area contributed by atoms with E-state index in [1.54, 1.807) is 13.1 Å². The molecule has 2 fully saturated rings. The van der Waals surface area contributed by atoms with Gasteiger partial charge in [-0.3, -0.25) is 20.0 Å². The summed E-state index contributed by atoms with van der Waals surface area (Å²) < 4.78 is 0. The number of aryl methyl sites for hydroxylation is 1. The lowest BCUT2D eigenvalue weighted by Gasteiger charge is -2.24. The van der Waals surface area contributed by atoms with Gasteiger partial charge in [0, 0.05) is 49.0 Å². The zero-order valence-electron chi connectivity index (χ0n) is 12.6. The van der Waals surface area contributed by atoms with E-state index in [1.807, 2.05) is 6.92 Å². The van der Waals surface area contributed by atoms with E-state index in [0.29, 0.717) is 29.8 Å². The Balaban J connectivity index is 1.78. The van der Waals surface area contributed by atoms with Crippen LogP contribution in [0.25, 0.3) is 0 Å². The maximum absolute atomic E-state index is 11.2. The van der Waals surface area contributed by atoms with Gasteiger partial charge in [-0.15, -0.1) is 0 Å². The number of fused-ring (bicyclic) bond motifs is 2. The first-order valence-electron chi connectivity index (χ1n) is 7.62. The summed E-state index contributed by atoms with van der Waals surface area (Å²) in [7, 11) is 0. The summed E-state index contributed by atoms with van der Waals surface area (Å²) in [5.41, 5.74) is 2.40. The van der Waals surface area contributed by atoms with Crippen LogP contribution in [0.5, 0.6) is 0 Å². The zero-order valence-corrected chi connectivity index (χ0v) is 12.6. The van der Waals surface area contributed by atoms with E-state index in [9.17, 15) is 10.1 Å². The summed E-state index contributed by atoms with van der Waals surface area (Å²) in [6.45, 7) is 6.32. The lowest BCUT2D eigenvalue weighted by Crippen LogP contribution is -2.35. The molecule has 0 radical (unpaired) electrons. The van der Waals surface area contributed by atoms with Crippen molar-refractivity contribution in [3.8, 4) is 0 Å². The monoisotopic (exact) mass is 290 g/mol. The van der Waals surface area contributed by atoms with Gasteiger partial charge in [0.05, 0.1) is 10.6 Å². The second-order valence-corrected chi connectivity index (χ2v) is 6.28. The second-order valence-electron chi connectivity index (χ2n) is 6.28. The first kappa shape index (κ1) is 14.4. The van der Waals surface area contributed by atoms with Crippen LogP contribution >= 0.6 is 0 Å². The molecule has 3 rings (SSSR count). The minimum Gasteiger partial charge on any atom is -0.310 e. The number of likely N-dealkylation sites (tertiary alicyclic amines) is 1. The highest BCUT2D eigenvalue weighted by molar-refractivity contribution is 5.47. The van der Waals surface area contributed by atoms with E-state index in [1.165, 1.54) is 12.8 Å². The van der Waals surface area contributed by atoms with Crippen molar-refractivity contribution in [2.24, 2.45) is 0 Å². The van der Waals surface area contributed by atoms with Gasteiger partial charge in [0.15, 0.2) is 0 Å².